The van der Waals surface area contributed by atoms with Gasteiger partial charge in [0, 0.05) is 19.0 Å². The summed E-state index contributed by atoms with van der Waals surface area (Å²) >= 11 is 0. The Balaban J connectivity index is 2.09. The summed E-state index contributed by atoms with van der Waals surface area (Å²) < 4.78 is 0. The van der Waals surface area contributed by atoms with Gasteiger partial charge in [-0.2, -0.15) is 0 Å². The van der Waals surface area contributed by atoms with Gasteiger partial charge < -0.3 is 10.2 Å². The van der Waals surface area contributed by atoms with Gasteiger partial charge in [-0.15, -0.1) is 0 Å². The van der Waals surface area contributed by atoms with Crippen molar-refractivity contribution >= 4 is 5.91 Å². The van der Waals surface area contributed by atoms with E-state index in [-0.39, 0.29) is 0 Å². The van der Waals surface area contributed by atoms with Crippen LogP contribution in [0.4, 0.5) is 0 Å². The van der Waals surface area contributed by atoms with E-state index >= 15 is 0 Å². The second kappa shape index (κ2) is 3.66. The third kappa shape index (κ3) is 1.57. The molecule has 0 aromatic carbocycles. The van der Waals surface area contributed by atoms with E-state index in [9.17, 15) is 4.79 Å². The Labute approximate surface area is 79.5 Å². The molecule has 13 heavy (non-hydrogen) atoms. The smallest absolute Gasteiger partial charge is 0.222 e. The molecule has 0 bridgehead atoms. The number of likely N-dealkylation sites (tertiary alicyclic amines) is 1. The first-order chi connectivity index (χ1) is 6.33. The van der Waals surface area contributed by atoms with Crippen LogP contribution in [0.5, 0.6) is 0 Å². The molecule has 1 amide bonds. The van der Waals surface area contributed by atoms with Crippen molar-refractivity contribution in [1.29, 1.82) is 0 Å². The topological polar surface area (TPSA) is 32.3 Å². The summed E-state index contributed by atoms with van der Waals surface area (Å²) in [6, 6.07) is 0.535. The fourth-order valence-corrected chi connectivity index (χ4v) is 2.66. The minimum absolute atomic E-state index is 0.366. The molecule has 3 nitrogen and oxygen atoms in total. The number of amides is 1. The van der Waals surface area contributed by atoms with Crippen molar-refractivity contribution in [1.82, 2.24) is 10.2 Å². The van der Waals surface area contributed by atoms with Crippen LogP contribution in [0.1, 0.15) is 26.2 Å². The molecule has 0 aromatic rings. The van der Waals surface area contributed by atoms with Gasteiger partial charge in [0.2, 0.25) is 5.91 Å². The van der Waals surface area contributed by atoms with Crippen molar-refractivity contribution in [3.8, 4) is 0 Å². The quantitative estimate of drug-likeness (QED) is 0.644. The highest BCUT2D eigenvalue weighted by atomic mass is 16.2. The molecule has 2 atom stereocenters. The highest BCUT2D eigenvalue weighted by Crippen LogP contribution is 2.27. The number of hydrogen-bond acceptors (Lipinski definition) is 2. The van der Waals surface area contributed by atoms with E-state index in [1.165, 1.54) is 0 Å². The Bertz CT molecular complexity index is 205. The maximum atomic E-state index is 11.6. The fourth-order valence-electron chi connectivity index (χ4n) is 2.66. The lowest BCUT2D eigenvalue weighted by atomic mass is 9.84. The van der Waals surface area contributed by atoms with Gasteiger partial charge in [0.15, 0.2) is 0 Å². The molecule has 0 aromatic heterocycles. The summed E-state index contributed by atoms with van der Waals surface area (Å²) in [7, 11) is 0. The van der Waals surface area contributed by atoms with Crippen molar-refractivity contribution < 1.29 is 4.79 Å². The van der Waals surface area contributed by atoms with Crippen LogP contribution >= 0.6 is 0 Å². The van der Waals surface area contributed by atoms with E-state index in [0.29, 0.717) is 17.9 Å². The zero-order chi connectivity index (χ0) is 9.26. The Morgan fingerprint density at radius 1 is 1.54 bits per heavy atom. The molecule has 2 aliphatic heterocycles. The zero-order valence-electron chi connectivity index (χ0n) is 8.25. The predicted octanol–water partition coefficient (Wildman–Crippen LogP) is 0.607. The van der Waals surface area contributed by atoms with Crippen molar-refractivity contribution in [2.45, 2.75) is 32.2 Å². The van der Waals surface area contributed by atoms with Crippen LogP contribution in [0.2, 0.25) is 0 Å². The molecule has 0 radical (unpaired) electrons. The Kier molecular flexibility index (Phi) is 2.54. The second-order valence-corrected chi connectivity index (χ2v) is 4.04. The van der Waals surface area contributed by atoms with Gasteiger partial charge in [-0.3, -0.25) is 4.79 Å². The lowest BCUT2D eigenvalue weighted by Crippen LogP contribution is -2.54. The minimum atomic E-state index is 0.366. The number of carbonyl (C=O) groups excluding carboxylic acids is 1. The second-order valence-electron chi connectivity index (χ2n) is 4.04. The molecule has 0 spiro atoms. The highest BCUT2D eigenvalue weighted by Gasteiger charge is 2.35. The monoisotopic (exact) mass is 182 g/mol. The Morgan fingerprint density at radius 3 is 3.15 bits per heavy atom. The molecular formula is C10H18N2O. The van der Waals surface area contributed by atoms with Gasteiger partial charge in [0.1, 0.15) is 0 Å². The van der Waals surface area contributed by atoms with E-state index in [0.717, 1.165) is 38.9 Å². The first-order valence-electron chi connectivity index (χ1n) is 5.33. The minimum Gasteiger partial charge on any atom is -0.340 e. The average molecular weight is 182 g/mol. The molecule has 2 fully saturated rings. The molecule has 2 aliphatic rings. The maximum absolute atomic E-state index is 11.6. The molecule has 2 heterocycles. The summed E-state index contributed by atoms with van der Waals surface area (Å²) in [4.78, 5) is 13.7. The summed E-state index contributed by atoms with van der Waals surface area (Å²) in [5.41, 5.74) is 0. The van der Waals surface area contributed by atoms with Crippen LogP contribution in [-0.2, 0) is 4.79 Å². The highest BCUT2D eigenvalue weighted by molar-refractivity contribution is 5.77. The normalized spacial score (nSPS) is 34.5. The predicted molar refractivity (Wildman–Crippen MR) is 51.4 cm³/mol. The number of rotatable bonds is 1. The SMILES string of the molecule is CCN1C(=O)CC[C@@H]2CNCC[C@@H]21. The first kappa shape index (κ1) is 9.00. The van der Waals surface area contributed by atoms with Crippen molar-refractivity contribution in [3.05, 3.63) is 0 Å². The fraction of sp³-hybridized carbons (Fsp3) is 0.900. The summed E-state index contributed by atoms with van der Waals surface area (Å²) in [6.45, 7) is 5.15. The molecule has 0 saturated carbocycles. The zero-order valence-corrected chi connectivity index (χ0v) is 8.25. The number of fused-ring (bicyclic) bond motifs is 1. The van der Waals surface area contributed by atoms with Gasteiger partial charge >= 0.3 is 0 Å². The van der Waals surface area contributed by atoms with Crippen LogP contribution in [0, 0.1) is 5.92 Å². The molecule has 2 rings (SSSR count). The van der Waals surface area contributed by atoms with E-state index in [1.807, 2.05) is 0 Å². The van der Waals surface area contributed by atoms with Crippen LogP contribution in [-0.4, -0.2) is 36.5 Å². The first-order valence-corrected chi connectivity index (χ1v) is 5.33. The number of carbonyl (C=O) groups is 1. The Hall–Kier alpha value is -0.570. The molecule has 2 saturated heterocycles. The molecule has 0 aliphatic carbocycles. The molecule has 0 unspecified atom stereocenters. The summed E-state index contributed by atoms with van der Waals surface area (Å²) in [5.74, 6) is 1.08. The number of hydrogen-bond donors (Lipinski definition) is 1. The van der Waals surface area contributed by atoms with E-state index in [1.54, 1.807) is 0 Å². The molecule has 1 N–H and O–H groups in total. The molecule has 74 valence electrons. The van der Waals surface area contributed by atoms with Gasteiger partial charge in [-0.25, -0.2) is 0 Å². The van der Waals surface area contributed by atoms with Crippen LogP contribution in [0.3, 0.4) is 0 Å². The number of piperidine rings is 2. The lowest BCUT2D eigenvalue weighted by molar-refractivity contribution is -0.139. The summed E-state index contributed by atoms with van der Waals surface area (Å²) in [6.07, 6.45) is 2.99. The maximum Gasteiger partial charge on any atom is 0.222 e. The van der Waals surface area contributed by atoms with Crippen molar-refractivity contribution in [3.63, 3.8) is 0 Å². The van der Waals surface area contributed by atoms with Gasteiger partial charge in [-0.05, 0) is 38.8 Å². The van der Waals surface area contributed by atoms with Gasteiger partial charge in [-0.1, -0.05) is 0 Å². The molecular weight excluding hydrogens is 164 g/mol. The lowest BCUT2D eigenvalue weighted by Gasteiger charge is -2.43. The van der Waals surface area contributed by atoms with E-state index in [2.05, 4.69) is 17.1 Å². The van der Waals surface area contributed by atoms with Crippen LogP contribution in [0.15, 0.2) is 0 Å². The van der Waals surface area contributed by atoms with Crippen molar-refractivity contribution in [2.75, 3.05) is 19.6 Å². The largest absolute Gasteiger partial charge is 0.340 e. The number of nitrogens with zero attached hydrogens (tertiary/aromatic N) is 1. The van der Waals surface area contributed by atoms with Crippen LogP contribution in [0.25, 0.3) is 0 Å². The van der Waals surface area contributed by atoms with Gasteiger partial charge in [0.05, 0.1) is 0 Å². The Morgan fingerprint density at radius 2 is 2.38 bits per heavy atom. The van der Waals surface area contributed by atoms with Crippen LogP contribution < -0.4 is 5.32 Å². The third-order valence-electron chi connectivity index (χ3n) is 3.36. The summed E-state index contributed by atoms with van der Waals surface area (Å²) in [5, 5.41) is 3.41. The number of nitrogens with one attached hydrogen (secondary N) is 1. The third-order valence-corrected chi connectivity index (χ3v) is 3.36. The van der Waals surface area contributed by atoms with E-state index < -0.39 is 0 Å². The molecule has 3 heteroatoms. The van der Waals surface area contributed by atoms with Crippen molar-refractivity contribution in [2.24, 2.45) is 5.92 Å². The van der Waals surface area contributed by atoms with Gasteiger partial charge in [0.25, 0.3) is 0 Å². The van der Waals surface area contributed by atoms with E-state index in [4.69, 9.17) is 0 Å². The average Bonchev–Trinajstić information content (AvgIpc) is 2.18. The standard InChI is InChI=1S/C10H18N2O/c1-2-12-9-5-6-11-7-8(9)3-4-10(12)13/h8-9,11H,2-7H2,1H3/t8-,9+/m1/s1.